The van der Waals surface area contributed by atoms with E-state index in [9.17, 15) is 13.0 Å². The SMILES string of the molecule is COc1cc(-c2cc(C)ccc2S(=O)(=O)O)ccc1Br. The van der Waals surface area contributed by atoms with E-state index in [0.717, 1.165) is 10.0 Å². The summed E-state index contributed by atoms with van der Waals surface area (Å²) < 4.78 is 38.3. The number of hydrogen-bond donors (Lipinski definition) is 1. The van der Waals surface area contributed by atoms with Crippen LogP contribution in [0.25, 0.3) is 11.1 Å². The van der Waals surface area contributed by atoms with Crippen LogP contribution in [0.1, 0.15) is 5.56 Å². The summed E-state index contributed by atoms with van der Waals surface area (Å²) in [5.41, 5.74) is 1.99. The zero-order chi connectivity index (χ0) is 14.9. The highest BCUT2D eigenvalue weighted by Gasteiger charge is 2.17. The molecule has 20 heavy (non-hydrogen) atoms. The van der Waals surface area contributed by atoms with Gasteiger partial charge in [-0.25, -0.2) is 0 Å². The van der Waals surface area contributed by atoms with Crippen molar-refractivity contribution in [1.29, 1.82) is 0 Å². The molecule has 2 rings (SSSR count). The third-order valence-corrected chi connectivity index (χ3v) is 4.44. The van der Waals surface area contributed by atoms with Crippen LogP contribution in [0.5, 0.6) is 5.75 Å². The summed E-state index contributed by atoms with van der Waals surface area (Å²) >= 11 is 3.34. The van der Waals surface area contributed by atoms with Crippen molar-refractivity contribution in [3.63, 3.8) is 0 Å². The van der Waals surface area contributed by atoms with E-state index in [2.05, 4.69) is 15.9 Å². The van der Waals surface area contributed by atoms with Gasteiger partial charge in [-0.1, -0.05) is 23.8 Å². The molecule has 1 N–H and O–H groups in total. The van der Waals surface area contributed by atoms with Crippen LogP contribution in [0.2, 0.25) is 0 Å². The van der Waals surface area contributed by atoms with Crippen LogP contribution in [-0.2, 0) is 10.1 Å². The molecule has 0 bridgehead atoms. The second-order valence-corrected chi connectivity index (χ2v) is 6.57. The molecule has 0 unspecified atom stereocenters. The highest BCUT2D eigenvalue weighted by atomic mass is 79.9. The Kier molecular flexibility index (Phi) is 4.17. The molecule has 2 aromatic carbocycles. The Morgan fingerprint density at radius 1 is 1.15 bits per heavy atom. The molecule has 0 amide bonds. The van der Waals surface area contributed by atoms with Crippen molar-refractivity contribution >= 4 is 26.0 Å². The van der Waals surface area contributed by atoms with Crippen molar-refractivity contribution in [2.45, 2.75) is 11.8 Å². The van der Waals surface area contributed by atoms with Crippen molar-refractivity contribution in [3.8, 4) is 16.9 Å². The molecule has 0 aliphatic rings. The quantitative estimate of drug-likeness (QED) is 0.852. The van der Waals surface area contributed by atoms with Crippen LogP contribution in [0.3, 0.4) is 0 Å². The predicted octanol–water partition coefficient (Wildman–Crippen LogP) is 3.68. The maximum absolute atomic E-state index is 11.5. The lowest BCUT2D eigenvalue weighted by molar-refractivity contribution is 0.412. The molecular formula is C14H13BrO4S. The van der Waals surface area contributed by atoms with Crippen molar-refractivity contribution in [2.24, 2.45) is 0 Å². The number of rotatable bonds is 3. The van der Waals surface area contributed by atoms with Gasteiger partial charge in [0.1, 0.15) is 10.6 Å². The van der Waals surface area contributed by atoms with Crippen LogP contribution >= 0.6 is 15.9 Å². The maximum atomic E-state index is 11.5. The molecule has 0 aliphatic carbocycles. The van der Waals surface area contributed by atoms with E-state index in [1.165, 1.54) is 13.2 Å². The van der Waals surface area contributed by atoms with Gasteiger partial charge in [0.2, 0.25) is 0 Å². The van der Waals surface area contributed by atoms with E-state index < -0.39 is 10.1 Å². The molecule has 0 saturated carbocycles. The number of methoxy groups -OCH3 is 1. The fraction of sp³-hybridized carbons (Fsp3) is 0.143. The first-order valence-electron chi connectivity index (χ1n) is 5.75. The van der Waals surface area contributed by atoms with Gasteiger partial charge in [0.15, 0.2) is 0 Å². The van der Waals surface area contributed by atoms with Crippen molar-refractivity contribution in [1.82, 2.24) is 0 Å². The molecule has 0 fully saturated rings. The number of aryl methyl sites for hydroxylation is 1. The Labute approximate surface area is 126 Å². The number of halogens is 1. The molecule has 0 aromatic heterocycles. The summed E-state index contributed by atoms with van der Waals surface area (Å²) in [5, 5.41) is 0. The molecule has 0 saturated heterocycles. The molecule has 106 valence electrons. The van der Waals surface area contributed by atoms with E-state index in [-0.39, 0.29) is 4.90 Å². The molecule has 0 atom stereocenters. The summed E-state index contributed by atoms with van der Waals surface area (Å²) in [7, 11) is -2.75. The van der Waals surface area contributed by atoms with Gasteiger partial charge >= 0.3 is 0 Å². The smallest absolute Gasteiger partial charge is 0.295 e. The molecule has 2 aromatic rings. The fourth-order valence-corrected chi connectivity index (χ4v) is 3.02. The average Bonchev–Trinajstić information content (AvgIpc) is 2.37. The Hall–Kier alpha value is -1.37. The number of benzene rings is 2. The summed E-state index contributed by atoms with van der Waals surface area (Å²) in [6, 6.07) is 10.00. The average molecular weight is 357 g/mol. The molecular weight excluding hydrogens is 344 g/mol. The van der Waals surface area contributed by atoms with Crippen LogP contribution in [-0.4, -0.2) is 20.1 Å². The first kappa shape index (κ1) is 15.0. The fourth-order valence-electron chi connectivity index (χ4n) is 1.92. The van der Waals surface area contributed by atoms with Gasteiger partial charge in [0.25, 0.3) is 10.1 Å². The molecule has 0 aliphatic heterocycles. The van der Waals surface area contributed by atoms with Gasteiger partial charge in [-0.3, -0.25) is 4.55 Å². The van der Waals surface area contributed by atoms with E-state index in [4.69, 9.17) is 4.74 Å². The first-order chi connectivity index (χ1) is 9.32. The van der Waals surface area contributed by atoms with Gasteiger partial charge in [-0.15, -0.1) is 0 Å². The van der Waals surface area contributed by atoms with Gasteiger partial charge in [0.05, 0.1) is 11.6 Å². The topological polar surface area (TPSA) is 63.6 Å². The third kappa shape index (κ3) is 3.03. The maximum Gasteiger partial charge on any atom is 0.295 e. The summed E-state index contributed by atoms with van der Waals surface area (Å²) in [4.78, 5) is -0.118. The summed E-state index contributed by atoms with van der Waals surface area (Å²) in [5.74, 6) is 0.588. The van der Waals surface area contributed by atoms with Crippen LogP contribution in [0.4, 0.5) is 0 Å². The van der Waals surface area contributed by atoms with E-state index >= 15 is 0 Å². The Morgan fingerprint density at radius 3 is 2.45 bits per heavy atom. The van der Waals surface area contributed by atoms with Crippen molar-refractivity contribution < 1.29 is 17.7 Å². The molecule has 6 heteroatoms. The van der Waals surface area contributed by atoms with E-state index in [1.807, 2.05) is 6.92 Å². The van der Waals surface area contributed by atoms with Crippen molar-refractivity contribution in [3.05, 3.63) is 46.4 Å². The molecule has 0 radical (unpaired) electrons. The number of ether oxygens (including phenoxy) is 1. The van der Waals surface area contributed by atoms with Crippen LogP contribution in [0, 0.1) is 6.92 Å². The second-order valence-electron chi connectivity index (χ2n) is 4.32. The minimum atomic E-state index is -4.28. The lowest BCUT2D eigenvalue weighted by Crippen LogP contribution is -2.01. The Bertz CT molecular complexity index is 754. The van der Waals surface area contributed by atoms with Crippen LogP contribution in [0.15, 0.2) is 45.8 Å². The third-order valence-electron chi connectivity index (χ3n) is 2.88. The van der Waals surface area contributed by atoms with Crippen molar-refractivity contribution in [2.75, 3.05) is 7.11 Å². The van der Waals surface area contributed by atoms with Gasteiger partial charge in [-0.2, -0.15) is 8.42 Å². The van der Waals surface area contributed by atoms with Crippen LogP contribution < -0.4 is 4.74 Å². The monoisotopic (exact) mass is 356 g/mol. The molecule has 0 heterocycles. The normalized spacial score (nSPS) is 11.4. The zero-order valence-corrected chi connectivity index (χ0v) is 13.3. The molecule has 4 nitrogen and oxygen atoms in total. The summed E-state index contributed by atoms with van der Waals surface area (Å²) in [6.45, 7) is 1.85. The van der Waals surface area contributed by atoms with E-state index in [0.29, 0.717) is 16.9 Å². The standard InChI is InChI=1S/C14H13BrO4S/c1-9-3-6-14(20(16,17)18)11(7-9)10-4-5-12(15)13(8-10)19-2/h3-8H,1-2H3,(H,16,17,18). The second kappa shape index (κ2) is 5.55. The Morgan fingerprint density at radius 2 is 1.85 bits per heavy atom. The lowest BCUT2D eigenvalue weighted by atomic mass is 10.0. The first-order valence-corrected chi connectivity index (χ1v) is 7.98. The molecule has 0 spiro atoms. The largest absolute Gasteiger partial charge is 0.496 e. The minimum Gasteiger partial charge on any atom is -0.496 e. The predicted molar refractivity (Wildman–Crippen MR) is 80.7 cm³/mol. The Balaban J connectivity index is 2.72. The highest BCUT2D eigenvalue weighted by molar-refractivity contribution is 9.10. The minimum absolute atomic E-state index is 0.118. The van der Waals surface area contributed by atoms with E-state index in [1.54, 1.807) is 30.3 Å². The number of hydrogen-bond acceptors (Lipinski definition) is 3. The van der Waals surface area contributed by atoms with Gasteiger partial charge < -0.3 is 4.74 Å². The highest BCUT2D eigenvalue weighted by Crippen LogP contribution is 2.34. The summed E-state index contributed by atoms with van der Waals surface area (Å²) in [6.07, 6.45) is 0. The zero-order valence-electron chi connectivity index (χ0n) is 10.9. The lowest BCUT2D eigenvalue weighted by Gasteiger charge is -2.11. The van der Waals surface area contributed by atoms with Gasteiger partial charge in [0, 0.05) is 5.56 Å². The van der Waals surface area contributed by atoms with Gasteiger partial charge in [-0.05, 0) is 46.6 Å².